The third kappa shape index (κ3) is 4.61. The van der Waals surface area contributed by atoms with Crippen molar-refractivity contribution in [2.24, 2.45) is 0 Å². The Morgan fingerprint density at radius 3 is 2.72 bits per heavy atom. The summed E-state index contributed by atoms with van der Waals surface area (Å²) < 4.78 is 0. The average Bonchev–Trinajstić information content (AvgIpc) is 3.06. The molecule has 5 nitrogen and oxygen atoms in total. The van der Waals surface area contributed by atoms with Gasteiger partial charge >= 0.3 is 0 Å². The van der Waals surface area contributed by atoms with E-state index < -0.39 is 0 Å². The van der Waals surface area contributed by atoms with Gasteiger partial charge in [0.1, 0.15) is 0 Å². The van der Waals surface area contributed by atoms with Crippen LogP contribution in [0.2, 0.25) is 5.02 Å². The molecule has 0 bridgehead atoms. The maximum absolute atomic E-state index is 12.2. The van der Waals surface area contributed by atoms with Crippen LogP contribution in [0.1, 0.15) is 11.1 Å². The van der Waals surface area contributed by atoms with Crippen LogP contribution in [0.3, 0.4) is 0 Å². The van der Waals surface area contributed by atoms with E-state index in [4.69, 9.17) is 11.6 Å². The van der Waals surface area contributed by atoms with Crippen molar-refractivity contribution in [1.82, 2.24) is 15.2 Å². The summed E-state index contributed by atoms with van der Waals surface area (Å²) in [5.41, 5.74) is 3.87. The van der Waals surface area contributed by atoms with Crippen LogP contribution >= 0.6 is 23.4 Å². The topological polar surface area (TPSA) is 70.7 Å². The van der Waals surface area contributed by atoms with Crippen molar-refractivity contribution in [3.63, 3.8) is 0 Å². The van der Waals surface area contributed by atoms with E-state index in [2.05, 4.69) is 20.5 Å². The lowest BCUT2D eigenvalue weighted by Crippen LogP contribution is -2.15. The maximum Gasteiger partial charge on any atom is 0.234 e. The minimum Gasteiger partial charge on any atom is -0.325 e. The number of aryl methyl sites for hydroxylation is 2. The molecule has 0 saturated heterocycles. The summed E-state index contributed by atoms with van der Waals surface area (Å²) in [5.74, 6) is 0.802. The lowest BCUT2D eigenvalue weighted by Gasteiger charge is -2.08. The molecule has 3 rings (SSSR count). The fourth-order valence-corrected chi connectivity index (χ4v) is 2.96. The smallest absolute Gasteiger partial charge is 0.234 e. The normalized spacial score (nSPS) is 10.7. The molecule has 0 aliphatic rings. The van der Waals surface area contributed by atoms with Crippen LogP contribution in [0.15, 0.2) is 47.6 Å². The molecule has 0 unspecified atom stereocenters. The van der Waals surface area contributed by atoms with Crippen LogP contribution in [0.4, 0.5) is 5.69 Å². The second-order valence-corrected chi connectivity index (χ2v) is 7.01. The summed E-state index contributed by atoms with van der Waals surface area (Å²) in [5, 5.41) is 11.1. The summed E-state index contributed by atoms with van der Waals surface area (Å²) >= 11 is 7.17. The molecular formula is C18H17ClN4OS. The zero-order chi connectivity index (χ0) is 17.8. The predicted molar refractivity (Wildman–Crippen MR) is 102 cm³/mol. The van der Waals surface area contributed by atoms with Crippen LogP contribution in [-0.2, 0) is 4.79 Å². The third-order valence-electron chi connectivity index (χ3n) is 3.58. The second kappa shape index (κ2) is 7.72. The quantitative estimate of drug-likeness (QED) is 0.648. The van der Waals surface area contributed by atoms with E-state index in [1.165, 1.54) is 11.8 Å². The molecule has 1 aromatic heterocycles. The van der Waals surface area contributed by atoms with Gasteiger partial charge < -0.3 is 5.32 Å². The standard InChI is InChI=1S/C18H17ClN4OS/c1-11-3-4-12(2)15(9-11)20-16(24)10-25-18-21-17(22-23-18)13-5-7-14(19)8-6-13/h3-9H,10H2,1-2H3,(H,20,24)(H,21,22,23). The number of benzene rings is 2. The number of nitrogens with zero attached hydrogens (tertiary/aromatic N) is 2. The van der Waals surface area contributed by atoms with Gasteiger partial charge in [-0.1, -0.05) is 35.5 Å². The lowest BCUT2D eigenvalue weighted by atomic mass is 10.1. The molecule has 1 heterocycles. The Morgan fingerprint density at radius 2 is 1.96 bits per heavy atom. The Morgan fingerprint density at radius 1 is 1.20 bits per heavy atom. The molecule has 0 aliphatic heterocycles. The number of H-pyrrole nitrogens is 1. The molecule has 0 spiro atoms. The summed E-state index contributed by atoms with van der Waals surface area (Å²) in [6.07, 6.45) is 0. The van der Waals surface area contributed by atoms with Gasteiger partial charge in [0.15, 0.2) is 5.82 Å². The lowest BCUT2D eigenvalue weighted by molar-refractivity contribution is -0.113. The van der Waals surface area contributed by atoms with E-state index >= 15 is 0 Å². The van der Waals surface area contributed by atoms with Crippen molar-refractivity contribution in [2.75, 3.05) is 11.1 Å². The summed E-state index contributed by atoms with van der Waals surface area (Å²) in [4.78, 5) is 16.5. The van der Waals surface area contributed by atoms with Gasteiger partial charge in [-0.25, -0.2) is 4.98 Å². The van der Waals surface area contributed by atoms with Gasteiger partial charge in [0, 0.05) is 16.3 Å². The minimum atomic E-state index is -0.0865. The molecule has 7 heteroatoms. The largest absolute Gasteiger partial charge is 0.325 e. The highest BCUT2D eigenvalue weighted by atomic mass is 35.5. The van der Waals surface area contributed by atoms with Crippen molar-refractivity contribution >= 4 is 35.0 Å². The molecule has 0 saturated carbocycles. The van der Waals surface area contributed by atoms with E-state index in [1.807, 2.05) is 44.2 Å². The number of thioether (sulfide) groups is 1. The fraction of sp³-hybridized carbons (Fsp3) is 0.167. The molecule has 0 atom stereocenters. The van der Waals surface area contributed by atoms with Gasteiger partial charge in [-0.3, -0.25) is 9.89 Å². The number of aromatic amines is 1. The van der Waals surface area contributed by atoms with Crippen molar-refractivity contribution < 1.29 is 4.79 Å². The van der Waals surface area contributed by atoms with E-state index in [9.17, 15) is 4.79 Å². The first kappa shape index (κ1) is 17.5. The van der Waals surface area contributed by atoms with Crippen LogP contribution in [0.5, 0.6) is 0 Å². The number of hydrogen-bond acceptors (Lipinski definition) is 4. The van der Waals surface area contributed by atoms with Gasteiger partial charge in [0.05, 0.1) is 5.75 Å². The maximum atomic E-state index is 12.2. The number of rotatable bonds is 5. The SMILES string of the molecule is Cc1ccc(C)c(NC(=O)CSc2n[nH]c(-c3ccc(Cl)cc3)n2)c1. The van der Waals surface area contributed by atoms with Crippen molar-refractivity contribution in [3.05, 3.63) is 58.6 Å². The zero-order valence-electron chi connectivity index (χ0n) is 13.8. The molecule has 0 aliphatic carbocycles. The molecule has 25 heavy (non-hydrogen) atoms. The van der Waals surface area contributed by atoms with Crippen LogP contribution in [0.25, 0.3) is 11.4 Å². The minimum absolute atomic E-state index is 0.0865. The zero-order valence-corrected chi connectivity index (χ0v) is 15.4. The number of halogens is 1. The number of amides is 1. The van der Waals surface area contributed by atoms with Gasteiger partial charge in [0.25, 0.3) is 0 Å². The monoisotopic (exact) mass is 372 g/mol. The summed E-state index contributed by atoms with van der Waals surface area (Å²) in [6.45, 7) is 3.96. The first-order chi connectivity index (χ1) is 12.0. The highest BCUT2D eigenvalue weighted by Gasteiger charge is 2.10. The first-order valence-electron chi connectivity index (χ1n) is 7.69. The van der Waals surface area contributed by atoms with Crippen molar-refractivity contribution in [3.8, 4) is 11.4 Å². The van der Waals surface area contributed by atoms with Gasteiger partial charge in [0.2, 0.25) is 11.1 Å². The number of carbonyl (C=O) groups is 1. The highest BCUT2D eigenvalue weighted by molar-refractivity contribution is 7.99. The van der Waals surface area contributed by atoms with Gasteiger partial charge in [-0.05, 0) is 55.3 Å². The molecule has 1 amide bonds. The number of anilines is 1. The number of carbonyl (C=O) groups excluding carboxylic acids is 1. The summed E-state index contributed by atoms with van der Waals surface area (Å²) in [6, 6.07) is 13.3. The van der Waals surface area contributed by atoms with Crippen LogP contribution in [0, 0.1) is 13.8 Å². The van der Waals surface area contributed by atoms with Gasteiger partial charge in [-0.15, -0.1) is 5.10 Å². The van der Waals surface area contributed by atoms with E-state index in [1.54, 1.807) is 12.1 Å². The third-order valence-corrected chi connectivity index (χ3v) is 4.68. The Balaban J connectivity index is 1.59. The van der Waals surface area contributed by atoms with Crippen molar-refractivity contribution in [1.29, 1.82) is 0 Å². The van der Waals surface area contributed by atoms with Crippen LogP contribution in [-0.4, -0.2) is 26.8 Å². The fourth-order valence-electron chi connectivity index (χ4n) is 2.23. The molecular weight excluding hydrogens is 356 g/mol. The molecule has 0 radical (unpaired) electrons. The Kier molecular flexibility index (Phi) is 5.40. The number of aromatic nitrogens is 3. The molecule has 2 aromatic carbocycles. The van der Waals surface area contributed by atoms with E-state index in [0.717, 1.165) is 22.4 Å². The molecule has 128 valence electrons. The molecule has 2 N–H and O–H groups in total. The molecule has 0 fully saturated rings. The number of nitrogens with one attached hydrogen (secondary N) is 2. The van der Waals surface area contributed by atoms with Crippen molar-refractivity contribution in [2.45, 2.75) is 19.0 Å². The Hall–Kier alpha value is -2.31. The van der Waals surface area contributed by atoms with E-state index in [0.29, 0.717) is 16.0 Å². The molecule has 3 aromatic rings. The average molecular weight is 373 g/mol. The first-order valence-corrected chi connectivity index (χ1v) is 9.06. The Labute approximate surface area is 155 Å². The predicted octanol–water partition coefficient (Wildman–Crippen LogP) is 4.47. The van der Waals surface area contributed by atoms with Crippen LogP contribution < -0.4 is 5.32 Å². The second-order valence-electron chi connectivity index (χ2n) is 5.63. The highest BCUT2D eigenvalue weighted by Crippen LogP contribution is 2.22. The Bertz CT molecular complexity index is 892. The van der Waals surface area contributed by atoms with Gasteiger partial charge in [-0.2, -0.15) is 0 Å². The number of hydrogen-bond donors (Lipinski definition) is 2. The van der Waals surface area contributed by atoms with E-state index in [-0.39, 0.29) is 11.7 Å². The summed E-state index contributed by atoms with van der Waals surface area (Å²) in [7, 11) is 0.